The summed E-state index contributed by atoms with van der Waals surface area (Å²) in [7, 11) is -0.749. The predicted octanol–water partition coefficient (Wildman–Crippen LogP) is 3.12. The van der Waals surface area contributed by atoms with E-state index in [1.54, 1.807) is 10.6 Å². The highest BCUT2D eigenvalue weighted by Crippen LogP contribution is 2.28. The second kappa shape index (κ2) is 9.56. The van der Waals surface area contributed by atoms with Crippen molar-refractivity contribution >= 4 is 21.1 Å². The number of aryl methyl sites for hydroxylation is 2. The van der Waals surface area contributed by atoms with E-state index < -0.39 is 16.1 Å². The third-order valence-electron chi connectivity index (χ3n) is 5.95. The highest BCUT2D eigenvalue weighted by molar-refractivity contribution is 7.89. The first-order valence-corrected chi connectivity index (χ1v) is 12.8. The highest BCUT2D eigenvalue weighted by Gasteiger charge is 2.22. The molecule has 0 fully saturated rings. The van der Waals surface area contributed by atoms with Gasteiger partial charge in [-0.05, 0) is 54.7 Å². The summed E-state index contributed by atoms with van der Waals surface area (Å²) >= 11 is 0. The van der Waals surface area contributed by atoms with Gasteiger partial charge in [-0.3, -0.25) is 9.13 Å². The molecule has 0 radical (unpaired) electrons. The zero-order chi connectivity index (χ0) is 25.4. The molecule has 0 aliphatic heterocycles. The van der Waals surface area contributed by atoms with Gasteiger partial charge in [-0.25, -0.2) is 17.5 Å². The molecular formula is C25H35N3O5S. The summed E-state index contributed by atoms with van der Waals surface area (Å²) in [5.41, 5.74) is 2.96. The van der Waals surface area contributed by atoms with Gasteiger partial charge >= 0.3 is 5.69 Å². The Kier molecular flexibility index (Phi) is 7.31. The van der Waals surface area contributed by atoms with Gasteiger partial charge in [-0.2, -0.15) is 0 Å². The maximum absolute atomic E-state index is 13.0. The molecule has 0 saturated carbocycles. The first-order valence-electron chi connectivity index (χ1n) is 11.3. The van der Waals surface area contributed by atoms with Crippen LogP contribution in [0.15, 0.2) is 46.1 Å². The maximum atomic E-state index is 13.0. The quantitative estimate of drug-likeness (QED) is 0.525. The van der Waals surface area contributed by atoms with Crippen LogP contribution in [0.5, 0.6) is 5.75 Å². The van der Waals surface area contributed by atoms with E-state index in [2.05, 4.69) is 26.8 Å². The molecule has 1 heterocycles. The van der Waals surface area contributed by atoms with Gasteiger partial charge < -0.3 is 9.84 Å². The molecule has 3 aromatic rings. The monoisotopic (exact) mass is 489 g/mol. The van der Waals surface area contributed by atoms with Gasteiger partial charge in [-0.15, -0.1) is 0 Å². The Labute approximate surface area is 201 Å². The molecule has 9 heteroatoms. The normalized spacial score (nSPS) is 13.6. The van der Waals surface area contributed by atoms with Crippen LogP contribution < -0.4 is 10.4 Å². The molecule has 0 bridgehead atoms. The average molecular weight is 490 g/mol. The van der Waals surface area contributed by atoms with E-state index in [4.69, 9.17) is 4.74 Å². The number of aliphatic hydroxyl groups is 1. The maximum Gasteiger partial charge on any atom is 0.329 e. The summed E-state index contributed by atoms with van der Waals surface area (Å²) < 4.78 is 35.2. The number of sulfonamides is 1. The van der Waals surface area contributed by atoms with Crippen molar-refractivity contribution in [2.75, 3.05) is 20.7 Å². The summed E-state index contributed by atoms with van der Waals surface area (Å²) in [6.45, 7) is 10.6. The van der Waals surface area contributed by atoms with Crippen LogP contribution in [0.25, 0.3) is 11.0 Å². The van der Waals surface area contributed by atoms with E-state index in [9.17, 15) is 18.3 Å². The summed E-state index contributed by atoms with van der Waals surface area (Å²) in [5.74, 6) is 0.676. The van der Waals surface area contributed by atoms with Crippen LogP contribution in [0.1, 0.15) is 38.8 Å². The lowest BCUT2D eigenvalue weighted by molar-refractivity contribution is 0.0921. The van der Waals surface area contributed by atoms with Gasteiger partial charge in [0, 0.05) is 20.6 Å². The zero-order valence-corrected chi connectivity index (χ0v) is 21.8. The first kappa shape index (κ1) is 26.0. The fourth-order valence-electron chi connectivity index (χ4n) is 3.88. The van der Waals surface area contributed by atoms with Gasteiger partial charge in [0.25, 0.3) is 0 Å². The van der Waals surface area contributed by atoms with Gasteiger partial charge in [0.1, 0.15) is 18.5 Å². The fourth-order valence-corrected chi connectivity index (χ4v) is 4.80. The summed E-state index contributed by atoms with van der Waals surface area (Å²) in [4.78, 5) is 13.1. The van der Waals surface area contributed by atoms with E-state index in [1.165, 1.54) is 36.4 Å². The summed E-state index contributed by atoms with van der Waals surface area (Å²) in [6, 6.07) is 10.6. The van der Waals surface area contributed by atoms with Crippen molar-refractivity contribution in [3.05, 3.63) is 58.0 Å². The number of hydrogen-bond acceptors (Lipinski definition) is 5. The van der Waals surface area contributed by atoms with Crippen LogP contribution in [0.3, 0.4) is 0 Å². The summed E-state index contributed by atoms with van der Waals surface area (Å²) in [5, 5.41) is 10.7. The van der Waals surface area contributed by atoms with E-state index in [0.717, 1.165) is 9.87 Å². The second-order valence-corrected chi connectivity index (χ2v) is 11.9. The molecular weight excluding hydrogens is 454 g/mol. The molecule has 0 spiro atoms. The Bertz CT molecular complexity index is 1350. The Hall–Kier alpha value is -2.62. The van der Waals surface area contributed by atoms with Crippen molar-refractivity contribution in [1.29, 1.82) is 0 Å². The molecule has 1 atom stereocenters. The summed E-state index contributed by atoms with van der Waals surface area (Å²) in [6.07, 6.45) is -0.968. The standard InChI is InChI=1S/C25H35N3O5S/c1-8-27-21-11-10-20(34(31,32)26(6)7)14-22(21)28(24(27)30)15-19(29)16-33-23-12-9-18(13-17(23)2)25(3,4)5/h9-14,19,29H,8,15-16H2,1-7H3. The number of hydrogen-bond donors (Lipinski definition) is 1. The van der Waals surface area contributed by atoms with Gasteiger partial charge in [-0.1, -0.05) is 32.9 Å². The Morgan fingerprint density at radius 1 is 1.06 bits per heavy atom. The van der Waals surface area contributed by atoms with Crippen LogP contribution in [0.4, 0.5) is 0 Å². The van der Waals surface area contributed by atoms with E-state index in [0.29, 0.717) is 23.3 Å². The lowest BCUT2D eigenvalue weighted by Crippen LogP contribution is -2.31. The fraction of sp³-hybridized carbons (Fsp3) is 0.480. The molecule has 0 saturated heterocycles. The molecule has 0 aliphatic carbocycles. The number of imidazole rings is 1. The minimum atomic E-state index is -3.67. The lowest BCUT2D eigenvalue weighted by atomic mass is 9.86. The molecule has 0 amide bonds. The Morgan fingerprint density at radius 3 is 2.29 bits per heavy atom. The van der Waals surface area contributed by atoms with Gasteiger partial charge in [0.15, 0.2) is 0 Å². The van der Waals surface area contributed by atoms with E-state index in [-0.39, 0.29) is 29.2 Å². The third kappa shape index (κ3) is 5.06. The molecule has 3 rings (SSSR count). The predicted molar refractivity (Wildman–Crippen MR) is 134 cm³/mol. The molecule has 0 aliphatic rings. The second-order valence-electron chi connectivity index (χ2n) is 9.77. The van der Waals surface area contributed by atoms with Crippen molar-refractivity contribution in [2.45, 2.75) is 64.1 Å². The van der Waals surface area contributed by atoms with Crippen LogP contribution in [-0.2, 0) is 28.5 Å². The van der Waals surface area contributed by atoms with Crippen LogP contribution >= 0.6 is 0 Å². The molecule has 1 N–H and O–H groups in total. The molecule has 1 aromatic heterocycles. The number of benzene rings is 2. The number of nitrogens with zero attached hydrogens (tertiary/aromatic N) is 3. The SMILES string of the molecule is CCn1c(=O)n(CC(O)COc2ccc(C(C)(C)C)cc2C)c2cc(S(=O)(=O)N(C)C)ccc21. The highest BCUT2D eigenvalue weighted by atomic mass is 32.2. The van der Waals surface area contributed by atoms with Gasteiger partial charge in [0.2, 0.25) is 10.0 Å². The van der Waals surface area contributed by atoms with Crippen molar-refractivity contribution in [3.8, 4) is 5.75 Å². The zero-order valence-electron chi connectivity index (χ0n) is 21.0. The van der Waals surface area contributed by atoms with Crippen LogP contribution in [0, 0.1) is 6.92 Å². The molecule has 1 unspecified atom stereocenters. The van der Waals surface area contributed by atoms with E-state index >= 15 is 0 Å². The first-order chi connectivity index (χ1) is 15.8. The van der Waals surface area contributed by atoms with E-state index in [1.807, 2.05) is 26.0 Å². The van der Waals surface area contributed by atoms with Crippen molar-refractivity contribution in [2.24, 2.45) is 0 Å². The largest absolute Gasteiger partial charge is 0.491 e. The number of aromatic nitrogens is 2. The molecule has 34 heavy (non-hydrogen) atoms. The molecule has 8 nitrogen and oxygen atoms in total. The number of fused-ring (bicyclic) bond motifs is 1. The van der Waals surface area contributed by atoms with Gasteiger partial charge in [0.05, 0.1) is 22.5 Å². The van der Waals surface area contributed by atoms with Crippen molar-refractivity contribution < 1.29 is 18.3 Å². The topological polar surface area (TPSA) is 93.8 Å². The minimum Gasteiger partial charge on any atom is -0.491 e. The minimum absolute atomic E-state index is 0.00334. The Morgan fingerprint density at radius 2 is 1.74 bits per heavy atom. The Balaban J connectivity index is 1.88. The average Bonchev–Trinajstić information content (AvgIpc) is 3.02. The molecule has 2 aromatic carbocycles. The van der Waals surface area contributed by atoms with Crippen LogP contribution in [0.2, 0.25) is 0 Å². The third-order valence-corrected chi connectivity index (χ3v) is 7.76. The number of ether oxygens (including phenoxy) is 1. The van der Waals surface area contributed by atoms with Crippen LogP contribution in [-0.4, -0.2) is 53.8 Å². The number of rotatable bonds is 8. The van der Waals surface area contributed by atoms with Crippen molar-refractivity contribution in [1.82, 2.24) is 13.4 Å². The lowest BCUT2D eigenvalue weighted by Gasteiger charge is -2.21. The number of aliphatic hydroxyl groups excluding tert-OH is 1. The molecule has 186 valence electrons. The smallest absolute Gasteiger partial charge is 0.329 e. The van der Waals surface area contributed by atoms with Crippen molar-refractivity contribution in [3.63, 3.8) is 0 Å².